The number of aliphatic carboxylic acids is 2. The summed E-state index contributed by atoms with van der Waals surface area (Å²) in [7, 11) is 0. The first kappa shape index (κ1) is 19.7. The molecule has 0 saturated carbocycles. The van der Waals surface area contributed by atoms with Crippen LogP contribution in [-0.2, 0) is 20.7 Å². The average molecular weight is 380 g/mol. The zero-order valence-corrected chi connectivity index (χ0v) is 15.9. The number of carboxylic acids is 2. The molecule has 0 fully saturated rings. The van der Waals surface area contributed by atoms with Gasteiger partial charge in [-0.15, -0.1) is 0 Å². The van der Waals surface area contributed by atoms with E-state index < -0.39 is 17.9 Å². The van der Waals surface area contributed by atoms with Crippen LogP contribution in [0.25, 0.3) is 16.7 Å². The van der Waals surface area contributed by atoms with Crippen molar-refractivity contribution >= 4 is 17.5 Å². The minimum Gasteiger partial charge on any atom is -0.501 e. The van der Waals surface area contributed by atoms with E-state index in [1.165, 1.54) is 22.3 Å². The van der Waals surface area contributed by atoms with Crippen LogP contribution in [-0.4, -0.2) is 28.8 Å². The summed E-state index contributed by atoms with van der Waals surface area (Å²) in [5.74, 6) is -3.04. The first-order valence-electron chi connectivity index (χ1n) is 9.41. The Hall–Kier alpha value is -3.08. The summed E-state index contributed by atoms with van der Waals surface area (Å²) in [5, 5.41) is 17.8. The minimum absolute atomic E-state index is 0.282. The summed E-state index contributed by atoms with van der Waals surface area (Å²) in [6.45, 7) is 2.36. The summed E-state index contributed by atoms with van der Waals surface area (Å²) in [6.07, 6.45) is 3.03. The molecule has 0 aromatic heterocycles. The van der Waals surface area contributed by atoms with Gasteiger partial charge in [-0.3, -0.25) is 9.59 Å². The van der Waals surface area contributed by atoms with Crippen molar-refractivity contribution < 1.29 is 24.5 Å². The zero-order valence-electron chi connectivity index (χ0n) is 15.9. The van der Waals surface area contributed by atoms with Gasteiger partial charge in [0, 0.05) is 0 Å². The average Bonchev–Trinajstić information content (AvgIpc) is 3.05. The number of benzene rings is 2. The maximum absolute atomic E-state index is 11.1. The Bertz CT molecular complexity index is 913. The Morgan fingerprint density at radius 2 is 1.86 bits per heavy atom. The summed E-state index contributed by atoms with van der Waals surface area (Å²) in [6, 6.07) is 14.7. The number of fused-ring (bicyclic) bond motifs is 3. The second kappa shape index (κ2) is 8.74. The lowest BCUT2D eigenvalue weighted by Gasteiger charge is -2.11. The molecule has 0 spiro atoms. The van der Waals surface area contributed by atoms with Crippen LogP contribution in [0.3, 0.4) is 0 Å². The zero-order chi connectivity index (χ0) is 20.1. The van der Waals surface area contributed by atoms with Gasteiger partial charge in [-0.25, -0.2) is 0 Å². The van der Waals surface area contributed by atoms with Crippen LogP contribution < -0.4 is 0 Å². The molecule has 3 rings (SSSR count). The third kappa shape index (κ3) is 4.42. The molecule has 2 N–H and O–H groups in total. The molecule has 5 nitrogen and oxygen atoms in total. The third-order valence-corrected chi connectivity index (χ3v) is 5.12. The quantitative estimate of drug-likeness (QED) is 0.419. The lowest BCUT2D eigenvalue weighted by molar-refractivity contribution is -0.148. The standard InChI is InChI=1S/C23H24O5/c1-15(14-28-11-5-7-17(23(26)27)13-22(24)25)18-9-4-10-20-19-8-3-2-6-16(19)12-21(18)20/h2-4,6,8-10,14,17H,5,7,11-13H2,1H3,(H,24,25)(H,26,27). The smallest absolute Gasteiger partial charge is 0.307 e. The van der Waals surface area contributed by atoms with Gasteiger partial charge < -0.3 is 14.9 Å². The Kier molecular flexibility index (Phi) is 6.14. The molecule has 0 radical (unpaired) electrons. The van der Waals surface area contributed by atoms with Gasteiger partial charge in [-0.1, -0.05) is 42.5 Å². The highest BCUT2D eigenvalue weighted by atomic mass is 16.5. The number of rotatable bonds is 9. The number of allylic oxidation sites excluding steroid dienone is 1. The maximum atomic E-state index is 11.1. The van der Waals surface area contributed by atoms with E-state index in [4.69, 9.17) is 14.9 Å². The summed E-state index contributed by atoms with van der Waals surface area (Å²) in [4.78, 5) is 21.8. The topological polar surface area (TPSA) is 83.8 Å². The van der Waals surface area contributed by atoms with Crippen molar-refractivity contribution in [1.29, 1.82) is 0 Å². The fraction of sp³-hybridized carbons (Fsp3) is 0.304. The fourth-order valence-electron chi connectivity index (χ4n) is 3.71. The van der Waals surface area contributed by atoms with E-state index in [9.17, 15) is 9.59 Å². The predicted molar refractivity (Wildman–Crippen MR) is 107 cm³/mol. The van der Waals surface area contributed by atoms with Gasteiger partial charge in [0.1, 0.15) is 0 Å². The van der Waals surface area contributed by atoms with Crippen molar-refractivity contribution in [2.75, 3.05) is 6.61 Å². The van der Waals surface area contributed by atoms with Crippen molar-refractivity contribution in [2.45, 2.75) is 32.6 Å². The molecule has 0 amide bonds. The van der Waals surface area contributed by atoms with Crippen LogP contribution >= 0.6 is 0 Å². The SMILES string of the molecule is CC(=COCCCC(CC(=O)O)C(=O)O)c1cccc2c1Cc1ccccc1-2. The second-order valence-corrected chi connectivity index (χ2v) is 7.11. The molecule has 0 saturated heterocycles. The lowest BCUT2D eigenvalue weighted by Crippen LogP contribution is -2.18. The van der Waals surface area contributed by atoms with E-state index >= 15 is 0 Å². The molecule has 1 unspecified atom stereocenters. The Labute approximate surface area is 164 Å². The van der Waals surface area contributed by atoms with Gasteiger partial charge in [0.05, 0.1) is 25.2 Å². The molecule has 5 heteroatoms. The molecule has 1 aliphatic carbocycles. The highest BCUT2D eigenvalue weighted by molar-refractivity contribution is 5.82. The van der Waals surface area contributed by atoms with E-state index in [1.807, 2.05) is 6.92 Å². The molecular formula is C23H24O5. The van der Waals surface area contributed by atoms with Gasteiger partial charge in [0.2, 0.25) is 0 Å². The molecular weight excluding hydrogens is 356 g/mol. The second-order valence-electron chi connectivity index (χ2n) is 7.11. The third-order valence-electron chi connectivity index (χ3n) is 5.12. The van der Waals surface area contributed by atoms with Crippen molar-refractivity contribution in [3.05, 3.63) is 65.4 Å². The predicted octanol–water partition coefficient (Wildman–Crippen LogP) is 4.59. The van der Waals surface area contributed by atoms with E-state index in [1.54, 1.807) is 6.26 Å². The summed E-state index contributed by atoms with van der Waals surface area (Å²) < 4.78 is 5.62. The number of hydrogen-bond donors (Lipinski definition) is 2. The van der Waals surface area contributed by atoms with E-state index in [0.29, 0.717) is 13.0 Å². The van der Waals surface area contributed by atoms with Gasteiger partial charge in [0.25, 0.3) is 0 Å². The molecule has 1 aliphatic rings. The largest absolute Gasteiger partial charge is 0.501 e. The molecule has 146 valence electrons. The molecule has 0 aliphatic heterocycles. The van der Waals surface area contributed by atoms with Gasteiger partial charge in [-0.05, 0) is 59.6 Å². The van der Waals surface area contributed by atoms with Crippen LogP contribution in [0.4, 0.5) is 0 Å². The Balaban J connectivity index is 1.60. The first-order chi connectivity index (χ1) is 13.5. The van der Waals surface area contributed by atoms with Crippen LogP contribution in [0.15, 0.2) is 48.7 Å². The minimum atomic E-state index is -1.09. The van der Waals surface area contributed by atoms with Crippen molar-refractivity contribution in [2.24, 2.45) is 5.92 Å². The van der Waals surface area contributed by atoms with Gasteiger partial charge >= 0.3 is 11.9 Å². The molecule has 2 aromatic carbocycles. The Morgan fingerprint density at radius 1 is 1.11 bits per heavy atom. The first-order valence-corrected chi connectivity index (χ1v) is 9.41. The van der Waals surface area contributed by atoms with E-state index in [0.717, 1.165) is 17.6 Å². The van der Waals surface area contributed by atoms with Gasteiger partial charge in [-0.2, -0.15) is 0 Å². The van der Waals surface area contributed by atoms with Gasteiger partial charge in [0.15, 0.2) is 0 Å². The fourth-order valence-corrected chi connectivity index (χ4v) is 3.71. The van der Waals surface area contributed by atoms with E-state index in [2.05, 4.69) is 42.5 Å². The highest BCUT2D eigenvalue weighted by Crippen LogP contribution is 2.39. The van der Waals surface area contributed by atoms with Crippen LogP contribution in [0.2, 0.25) is 0 Å². The number of carbonyl (C=O) groups is 2. The van der Waals surface area contributed by atoms with Crippen LogP contribution in [0, 0.1) is 5.92 Å². The normalized spacial score (nSPS) is 13.5. The molecule has 2 aromatic rings. The number of ether oxygens (including phenoxy) is 1. The number of hydrogen-bond acceptors (Lipinski definition) is 3. The molecule has 0 heterocycles. The lowest BCUT2D eigenvalue weighted by atomic mass is 9.97. The maximum Gasteiger partial charge on any atom is 0.307 e. The Morgan fingerprint density at radius 3 is 2.61 bits per heavy atom. The van der Waals surface area contributed by atoms with Crippen LogP contribution in [0.5, 0.6) is 0 Å². The van der Waals surface area contributed by atoms with Crippen molar-refractivity contribution in [3.8, 4) is 11.1 Å². The van der Waals surface area contributed by atoms with Crippen molar-refractivity contribution in [1.82, 2.24) is 0 Å². The molecule has 1 atom stereocenters. The summed E-state index contributed by atoms with van der Waals surface area (Å²) >= 11 is 0. The monoisotopic (exact) mass is 380 g/mol. The molecule has 0 bridgehead atoms. The van der Waals surface area contributed by atoms with E-state index in [-0.39, 0.29) is 12.8 Å². The molecule has 28 heavy (non-hydrogen) atoms. The summed E-state index contributed by atoms with van der Waals surface area (Å²) in [5.41, 5.74) is 7.35. The number of carboxylic acid groups (broad SMARTS) is 2. The van der Waals surface area contributed by atoms with Crippen LogP contribution in [0.1, 0.15) is 42.9 Å². The van der Waals surface area contributed by atoms with Crippen molar-refractivity contribution in [3.63, 3.8) is 0 Å². The highest BCUT2D eigenvalue weighted by Gasteiger charge is 2.21.